The first-order valence-electron chi connectivity index (χ1n) is 4.17. The van der Waals surface area contributed by atoms with Crippen LogP contribution in [-0.2, 0) is 0 Å². The molecule has 0 aliphatic carbocycles. The summed E-state index contributed by atoms with van der Waals surface area (Å²) in [7, 11) is 0. The summed E-state index contributed by atoms with van der Waals surface area (Å²) in [6.45, 7) is 0. The normalized spacial score (nSPS) is 11.0. The van der Waals surface area contributed by atoms with E-state index in [4.69, 9.17) is 0 Å². The van der Waals surface area contributed by atoms with Crippen molar-refractivity contribution in [3.8, 4) is 10.6 Å². The van der Waals surface area contributed by atoms with Gasteiger partial charge in [-0.15, -0.1) is 11.3 Å². The van der Waals surface area contributed by atoms with E-state index in [-0.39, 0.29) is 0 Å². The standard InChI is InChI=1S/C9H4BrN3S2/c10-5-4-11-8(6-2-1-3-14-6)9-7(5)12-15-13-9/h1-4H. The van der Waals surface area contributed by atoms with Gasteiger partial charge in [-0.2, -0.15) is 8.75 Å². The molecule has 0 aliphatic heterocycles. The summed E-state index contributed by atoms with van der Waals surface area (Å²) in [6.07, 6.45) is 1.78. The highest BCUT2D eigenvalue weighted by Gasteiger charge is 2.12. The van der Waals surface area contributed by atoms with Crippen molar-refractivity contribution < 1.29 is 0 Å². The second-order valence-corrected chi connectivity index (χ2v) is 5.22. The van der Waals surface area contributed by atoms with Gasteiger partial charge in [0.25, 0.3) is 0 Å². The van der Waals surface area contributed by atoms with E-state index in [9.17, 15) is 0 Å². The number of rotatable bonds is 1. The number of hydrogen-bond donors (Lipinski definition) is 0. The molecule has 15 heavy (non-hydrogen) atoms. The Morgan fingerprint density at radius 1 is 1.20 bits per heavy atom. The molecular formula is C9H4BrN3S2. The number of aromatic nitrogens is 3. The molecule has 0 atom stereocenters. The minimum absolute atomic E-state index is 0.872. The maximum absolute atomic E-state index is 4.39. The van der Waals surface area contributed by atoms with E-state index >= 15 is 0 Å². The molecule has 3 heterocycles. The molecule has 0 bridgehead atoms. The van der Waals surface area contributed by atoms with E-state index in [1.54, 1.807) is 17.5 Å². The fourth-order valence-corrected chi connectivity index (χ4v) is 3.12. The van der Waals surface area contributed by atoms with Crippen LogP contribution < -0.4 is 0 Å². The largest absolute Gasteiger partial charge is 0.252 e. The Hall–Kier alpha value is -0.850. The van der Waals surface area contributed by atoms with Gasteiger partial charge in [-0.1, -0.05) is 6.07 Å². The van der Waals surface area contributed by atoms with E-state index in [2.05, 4.69) is 29.7 Å². The van der Waals surface area contributed by atoms with Crippen LogP contribution in [0.2, 0.25) is 0 Å². The maximum Gasteiger partial charge on any atom is 0.133 e. The lowest BCUT2D eigenvalue weighted by atomic mass is 10.2. The molecule has 0 N–H and O–H groups in total. The van der Waals surface area contributed by atoms with Gasteiger partial charge in [-0.05, 0) is 27.4 Å². The predicted molar refractivity (Wildman–Crippen MR) is 66.2 cm³/mol. The third-order valence-corrected chi connectivity index (χ3v) is 3.99. The van der Waals surface area contributed by atoms with E-state index in [0.717, 1.165) is 26.1 Å². The Morgan fingerprint density at radius 2 is 2.07 bits per heavy atom. The van der Waals surface area contributed by atoms with E-state index in [1.807, 2.05) is 17.5 Å². The molecule has 0 radical (unpaired) electrons. The van der Waals surface area contributed by atoms with Crippen molar-refractivity contribution in [1.82, 2.24) is 13.7 Å². The van der Waals surface area contributed by atoms with Crippen molar-refractivity contribution >= 4 is 50.0 Å². The van der Waals surface area contributed by atoms with Crippen LogP contribution >= 0.6 is 39.0 Å². The van der Waals surface area contributed by atoms with Gasteiger partial charge in [0.05, 0.1) is 21.1 Å². The summed E-state index contributed by atoms with van der Waals surface area (Å²) < 4.78 is 9.41. The molecule has 0 aliphatic rings. The molecule has 0 saturated heterocycles. The minimum atomic E-state index is 0.872. The fourth-order valence-electron chi connectivity index (χ4n) is 1.34. The van der Waals surface area contributed by atoms with E-state index in [0.29, 0.717) is 0 Å². The molecule has 74 valence electrons. The van der Waals surface area contributed by atoms with Crippen LogP contribution in [0.5, 0.6) is 0 Å². The highest BCUT2D eigenvalue weighted by atomic mass is 79.9. The lowest BCUT2D eigenvalue weighted by molar-refractivity contribution is 1.34. The van der Waals surface area contributed by atoms with Crippen LogP contribution in [0.1, 0.15) is 0 Å². The predicted octanol–water partition coefficient (Wildman–Crippen LogP) is 3.58. The zero-order valence-corrected chi connectivity index (χ0v) is 10.6. The van der Waals surface area contributed by atoms with Crippen LogP contribution in [0.25, 0.3) is 21.6 Å². The first-order chi connectivity index (χ1) is 7.36. The number of halogens is 1. The van der Waals surface area contributed by atoms with Gasteiger partial charge in [0.2, 0.25) is 0 Å². The summed E-state index contributed by atoms with van der Waals surface area (Å²) >= 11 is 6.29. The average molecular weight is 298 g/mol. The summed E-state index contributed by atoms with van der Waals surface area (Å²) in [5.74, 6) is 0. The summed E-state index contributed by atoms with van der Waals surface area (Å²) in [4.78, 5) is 5.51. The van der Waals surface area contributed by atoms with Gasteiger partial charge in [0.15, 0.2) is 0 Å². The summed E-state index contributed by atoms with van der Waals surface area (Å²) in [5, 5.41) is 2.03. The summed E-state index contributed by atoms with van der Waals surface area (Å²) in [5.41, 5.74) is 2.67. The van der Waals surface area contributed by atoms with Crippen molar-refractivity contribution in [3.63, 3.8) is 0 Å². The van der Waals surface area contributed by atoms with Crippen LogP contribution in [0.3, 0.4) is 0 Å². The third-order valence-electron chi connectivity index (χ3n) is 2.00. The SMILES string of the molecule is Brc1cnc(-c2cccs2)c2nsnc12. The van der Waals surface area contributed by atoms with E-state index < -0.39 is 0 Å². The zero-order chi connectivity index (χ0) is 10.3. The number of thiophene rings is 1. The number of pyridine rings is 1. The van der Waals surface area contributed by atoms with Crippen LogP contribution in [-0.4, -0.2) is 13.7 Å². The van der Waals surface area contributed by atoms with Crippen molar-refractivity contribution in [2.24, 2.45) is 0 Å². The monoisotopic (exact) mass is 297 g/mol. The molecule has 0 aromatic carbocycles. The Balaban J connectivity index is 2.37. The second-order valence-electron chi connectivity index (χ2n) is 2.89. The first-order valence-corrected chi connectivity index (χ1v) is 6.57. The fraction of sp³-hybridized carbons (Fsp3) is 0. The van der Waals surface area contributed by atoms with Crippen molar-refractivity contribution in [1.29, 1.82) is 0 Å². The highest BCUT2D eigenvalue weighted by molar-refractivity contribution is 9.10. The van der Waals surface area contributed by atoms with Gasteiger partial charge in [-0.3, -0.25) is 4.98 Å². The Labute approximate surface area is 102 Å². The first kappa shape index (κ1) is 9.38. The van der Waals surface area contributed by atoms with Crippen molar-refractivity contribution in [3.05, 3.63) is 28.2 Å². The van der Waals surface area contributed by atoms with Crippen LogP contribution in [0, 0.1) is 0 Å². The number of hydrogen-bond acceptors (Lipinski definition) is 5. The average Bonchev–Trinajstić information content (AvgIpc) is 2.88. The van der Waals surface area contributed by atoms with Gasteiger partial charge in [0, 0.05) is 6.20 Å². The van der Waals surface area contributed by atoms with E-state index in [1.165, 1.54) is 11.7 Å². The molecule has 3 rings (SSSR count). The molecule has 0 spiro atoms. The molecule has 3 nitrogen and oxygen atoms in total. The molecule has 0 saturated carbocycles. The lowest BCUT2D eigenvalue weighted by Crippen LogP contribution is -1.83. The maximum atomic E-state index is 4.39. The number of nitrogens with zero attached hydrogens (tertiary/aromatic N) is 3. The third kappa shape index (κ3) is 1.49. The van der Waals surface area contributed by atoms with Gasteiger partial charge < -0.3 is 0 Å². The smallest absolute Gasteiger partial charge is 0.133 e. The molecule has 0 amide bonds. The Bertz CT molecular complexity index is 603. The van der Waals surface area contributed by atoms with Crippen molar-refractivity contribution in [2.45, 2.75) is 0 Å². The Kier molecular flexibility index (Phi) is 2.27. The lowest BCUT2D eigenvalue weighted by Gasteiger charge is -1.97. The molecule has 0 unspecified atom stereocenters. The molecule has 3 aromatic heterocycles. The minimum Gasteiger partial charge on any atom is -0.252 e. The zero-order valence-electron chi connectivity index (χ0n) is 7.35. The molecule has 6 heteroatoms. The van der Waals surface area contributed by atoms with Crippen molar-refractivity contribution in [2.75, 3.05) is 0 Å². The number of fused-ring (bicyclic) bond motifs is 1. The topological polar surface area (TPSA) is 38.7 Å². The molecule has 0 fully saturated rings. The van der Waals surface area contributed by atoms with Crippen LogP contribution in [0.4, 0.5) is 0 Å². The summed E-state index contributed by atoms with van der Waals surface area (Å²) in [6, 6.07) is 4.05. The Morgan fingerprint density at radius 3 is 2.87 bits per heavy atom. The molecule has 3 aromatic rings. The highest BCUT2D eigenvalue weighted by Crippen LogP contribution is 2.31. The molecular weight excluding hydrogens is 294 g/mol. The van der Waals surface area contributed by atoms with Crippen LogP contribution in [0.15, 0.2) is 28.2 Å². The quantitative estimate of drug-likeness (QED) is 0.689. The second kappa shape index (κ2) is 3.62. The van der Waals surface area contributed by atoms with Gasteiger partial charge in [-0.25, -0.2) is 0 Å². The van der Waals surface area contributed by atoms with Gasteiger partial charge >= 0.3 is 0 Å². The van der Waals surface area contributed by atoms with Gasteiger partial charge in [0.1, 0.15) is 16.7 Å².